The first-order valence-electron chi connectivity index (χ1n) is 8.49. The van der Waals surface area contributed by atoms with Crippen LogP contribution in [0.4, 0.5) is 0 Å². The minimum atomic E-state index is 0.393. The minimum absolute atomic E-state index is 0.393. The van der Waals surface area contributed by atoms with Gasteiger partial charge in [-0.05, 0) is 62.3 Å². The van der Waals surface area contributed by atoms with Gasteiger partial charge in [0.05, 0.1) is 0 Å². The summed E-state index contributed by atoms with van der Waals surface area (Å²) in [5.74, 6) is 2.32. The monoisotopic (exact) mass is 308 g/mol. The Morgan fingerprint density at radius 2 is 2.05 bits per heavy atom. The average Bonchev–Trinajstić information content (AvgIpc) is 2.92. The Bertz CT molecular complexity index is 399. The van der Waals surface area contributed by atoms with E-state index in [2.05, 4.69) is 50.1 Å². The lowest BCUT2D eigenvalue weighted by Gasteiger charge is -2.39. The Morgan fingerprint density at radius 1 is 1.29 bits per heavy atom. The molecule has 3 heteroatoms. The minimum Gasteiger partial charge on any atom is -0.327 e. The highest BCUT2D eigenvalue weighted by atomic mass is 32.1. The second-order valence-electron chi connectivity index (χ2n) is 7.34. The molecule has 0 aliphatic heterocycles. The summed E-state index contributed by atoms with van der Waals surface area (Å²) in [7, 11) is 0. The Balaban J connectivity index is 1.97. The van der Waals surface area contributed by atoms with E-state index in [1.165, 1.54) is 24.1 Å². The van der Waals surface area contributed by atoms with Crippen molar-refractivity contribution in [3.63, 3.8) is 0 Å². The van der Waals surface area contributed by atoms with Crippen LogP contribution in [0.15, 0.2) is 17.5 Å². The van der Waals surface area contributed by atoms with Crippen LogP contribution in [0, 0.1) is 17.8 Å². The molecule has 1 aliphatic carbocycles. The summed E-state index contributed by atoms with van der Waals surface area (Å²) in [5.41, 5.74) is 6.44. The van der Waals surface area contributed by atoms with Crippen LogP contribution >= 0.6 is 11.3 Å². The molecule has 0 amide bonds. The maximum Gasteiger partial charge on any atom is 0.0330 e. The summed E-state index contributed by atoms with van der Waals surface area (Å²) < 4.78 is 0. The molecule has 120 valence electrons. The van der Waals surface area contributed by atoms with Gasteiger partial charge in [-0.2, -0.15) is 0 Å². The van der Waals surface area contributed by atoms with Crippen molar-refractivity contribution in [1.82, 2.24) is 4.90 Å². The molecule has 2 rings (SSSR count). The topological polar surface area (TPSA) is 29.3 Å². The molecule has 0 radical (unpaired) electrons. The Labute approximate surface area is 134 Å². The fourth-order valence-corrected chi connectivity index (χ4v) is 4.23. The lowest BCUT2D eigenvalue weighted by Crippen LogP contribution is -2.45. The number of thiophene rings is 1. The molecule has 3 unspecified atom stereocenters. The summed E-state index contributed by atoms with van der Waals surface area (Å²) in [4.78, 5) is 4.08. The molecule has 21 heavy (non-hydrogen) atoms. The van der Waals surface area contributed by atoms with E-state index >= 15 is 0 Å². The molecule has 2 nitrogen and oxygen atoms in total. The van der Waals surface area contributed by atoms with Crippen molar-refractivity contribution in [3.8, 4) is 0 Å². The van der Waals surface area contributed by atoms with Gasteiger partial charge in [0.2, 0.25) is 0 Å². The third kappa shape index (κ3) is 4.80. The van der Waals surface area contributed by atoms with Gasteiger partial charge < -0.3 is 5.73 Å². The number of hydrogen-bond acceptors (Lipinski definition) is 3. The quantitative estimate of drug-likeness (QED) is 0.846. The van der Waals surface area contributed by atoms with E-state index in [0.717, 1.165) is 24.9 Å². The Kier molecular flexibility index (Phi) is 6.27. The van der Waals surface area contributed by atoms with Crippen LogP contribution in [0.3, 0.4) is 0 Å². The summed E-state index contributed by atoms with van der Waals surface area (Å²) in [6.07, 6.45) is 3.84. The third-order valence-corrected chi connectivity index (χ3v) is 6.02. The van der Waals surface area contributed by atoms with Crippen molar-refractivity contribution in [2.75, 3.05) is 6.54 Å². The smallest absolute Gasteiger partial charge is 0.0330 e. The van der Waals surface area contributed by atoms with Gasteiger partial charge in [0.1, 0.15) is 0 Å². The van der Waals surface area contributed by atoms with E-state index in [9.17, 15) is 0 Å². The van der Waals surface area contributed by atoms with Gasteiger partial charge in [-0.3, -0.25) is 4.90 Å². The predicted octanol–water partition coefficient (Wildman–Crippen LogP) is 4.36. The molecule has 1 aliphatic rings. The molecular weight excluding hydrogens is 276 g/mol. The van der Waals surface area contributed by atoms with Crippen LogP contribution in [-0.2, 0) is 6.54 Å². The standard InChI is InChI=1S/C18H32N2S/c1-13(2)15-7-8-18(19)16(10-15)11-20(14(3)4)12-17-6-5-9-21-17/h5-6,9,13-16,18H,7-8,10-12,19H2,1-4H3. The van der Waals surface area contributed by atoms with Crippen LogP contribution in [0.2, 0.25) is 0 Å². The number of nitrogens with two attached hydrogens (primary N) is 1. The molecule has 1 heterocycles. The SMILES string of the molecule is CC(C)C1CCC(N)C(CN(Cc2cccs2)C(C)C)C1. The van der Waals surface area contributed by atoms with Crippen molar-refractivity contribution in [2.45, 2.75) is 65.6 Å². The zero-order chi connectivity index (χ0) is 15.4. The van der Waals surface area contributed by atoms with E-state index < -0.39 is 0 Å². The summed E-state index contributed by atoms with van der Waals surface area (Å²) in [6, 6.07) is 5.38. The lowest BCUT2D eigenvalue weighted by molar-refractivity contribution is 0.114. The zero-order valence-corrected chi connectivity index (χ0v) is 14.9. The van der Waals surface area contributed by atoms with Crippen molar-refractivity contribution in [2.24, 2.45) is 23.5 Å². The predicted molar refractivity (Wildman–Crippen MR) is 93.5 cm³/mol. The van der Waals surface area contributed by atoms with Gasteiger partial charge in [-0.1, -0.05) is 19.9 Å². The van der Waals surface area contributed by atoms with Gasteiger partial charge >= 0.3 is 0 Å². The molecule has 0 aromatic carbocycles. The van der Waals surface area contributed by atoms with Crippen molar-refractivity contribution < 1.29 is 0 Å². The second kappa shape index (κ2) is 7.75. The van der Waals surface area contributed by atoms with Crippen molar-refractivity contribution >= 4 is 11.3 Å². The average molecular weight is 309 g/mol. The van der Waals surface area contributed by atoms with Gasteiger partial charge in [0.25, 0.3) is 0 Å². The summed E-state index contributed by atoms with van der Waals surface area (Å²) >= 11 is 1.86. The summed E-state index contributed by atoms with van der Waals surface area (Å²) in [6.45, 7) is 11.6. The molecule has 1 fully saturated rings. The second-order valence-corrected chi connectivity index (χ2v) is 8.38. The largest absolute Gasteiger partial charge is 0.327 e. The first-order valence-corrected chi connectivity index (χ1v) is 9.37. The lowest BCUT2D eigenvalue weighted by atomic mass is 9.73. The fraction of sp³-hybridized carbons (Fsp3) is 0.778. The normalized spacial score (nSPS) is 27.0. The Morgan fingerprint density at radius 3 is 2.62 bits per heavy atom. The maximum atomic E-state index is 6.44. The number of nitrogens with zero attached hydrogens (tertiary/aromatic N) is 1. The number of hydrogen-bond donors (Lipinski definition) is 1. The molecular formula is C18H32N2S. The van der Waals surface area contributed by atoms with E-state index in [0.29, 0.717) is 18.0 Å². The van der Waals surface area contributed by atoms with Crippen LogP contribution in [0.5, 0.6) is 0 Å². The van der Waals surface area contributed by atoms with Gasteiger partial charge in [0.15, 0.2) is 0 Å². The van der Waals surface area contributed by atoms with Gasteiger partial charge in [-0.15, -0.1) is 11.3 Å². The van der Waals surface area contributed by atoms with Gasteiger partial charge in [-0.25, -0.2) is 0 Å². The first-order chi connectivity index (χ1) is 9.97. The van der Waals surface area contributed by atoms with Crippen LogP contribution in [0.1, 0.15) is 51.8 Å². The summed E-state index contributed by atoms with van der Waals surface area (Å²) in [5, 5.41) is 2.18. The molecule has 0 spiro atoms. The van der Waals surface area contributed by atoms with Crippen molar-refractivity contribution in [1.29, 1.82) is 0 Å². The highest BCUT2D eigenvalue weighted by Gasteiger charge is 2.31. The Hall–Kier alpha value is -0.380. The van der Waals surface area contributed by atoms with E-state index in [4.69, 9.17) is 5.73 Å². The molecule has 0 bridgehead atoms. The van der Waals surface area contributed by atoms with Crippen LogP contribution < -0.4 is 5.73 Å². The third-order valence-electron chi connectivity index (χ3n) is 5.16. The fourth-order valence-electron chi connectivity index (χ4n) is 3.50. The van der Waals surface area contributed by atoms with Crippen LogP contribution in [-0.4, -0.2) is 23.5 Å². The molecule has 1 aromatic heterocycles. The zero-order valence-electron chi connectivity index (χ0n) is 14.1. The van der Waals surface area contributed by atoms with E-state index in [-0.39, 0.29) is 0 Å². The molecule has 0 saturated heterocycles. The highest BCUT2D eigenvalue weighted by molar-refractivity contribution is 7.09. The van der Waals surface area contributed by atoms with Crippen molar-refractivity contribution in [3.05, 3.63) is 22.4 Å². The molecule has 1 saturated carbocycles. The van der Waals surface area contributed by atoms with Crippen LogP contribution in [0.25, 0.3) is 0 Å². The molecule has 3 atom stereocenters. The number of rotatable bonds is 6. The highest BCUT2D eigenvalue weighted by Crippen LogP contribution is 2.34. The first kappa shape index (κ1) is 17.0. The molecule has 1 aromatic rings. The maximum absolute atomic E-state index is 6.44. The molecule has 2 N–H and O–H groups in total. The van der Waals surface area contributed by atoms with E-state index in [1.54, 1.807) is 0 Å². The van der Waals surface area contributed by atoms with Gasteiger partial charge in [0, 0.05) is 30.1 Å². The van der Waals surface area contributed by atoms with E-state index in [1.807, 2.05) is 11.3 Å².